The van der Waals surface area contributed by atoms with E-state index in [0.717, 1.165) is 42.6 Å². The van der Waals surface area contributed by atoms with Crippen LogP contribution < -0.4 is 10.1 Å². The third-order valence-electron chi connectivity index (χ3n) is 7.05. The van der Waals surface area contributed by atoms with E-state index in [0.29, 0.717) is 31.1 Å². The Bertz CT molecular complexity index is 967. The summed E-state index contributed by atoms with van der Waals surface area (Å²) in [4.78, 5) is 30.5. The largest absolute Gasteiger partial charge is 0.497 e. The van der Waals surface area contributed by atoms with E-state index in [1.807, 2.05) is 53.4 Å². The average Bonchev–Trinajstić information content (AvgIpc) is 3.39. The van der Waals surface area contributed by atoms with Crippen molar-refractivity contribution in [2.75, 3.05) is 39.8 Å². The first-order valence-corrected chi connectivity index (χ1v) is 13.0. The van der Waals surface area contributed by atoms with Gasteiger partial charge in [-0.2, -0.15) is 0 Å². The summed E-state index contributed by atoms with van der Waals surface area (Å²) < 4.78 is 6.13. The topological polar surface area (TPSA) is 61.9 Å². The number of benzene rings is 2. The van der Waals surface area contributed by atoms with E-state index in [-0.39, 0.29) is 17.9 Å². The van der Waals surface area contributed by atoms with E-state index in [4.69, 9.17) is 4.74 Å². The summed E-state index contributed by atoms with van der Waals surface area (Å²) in [6, 6.07) is 15.4. The van der Waals surface area contributed by atoms with Crippen LogP contribution in [0.1, 0.15) is 41.6 Å². The van der Waals surface area contributed by atoms with Gasteiger partial charge in [0.15, 0.2) is 0 Å². The first-order valence-electron chi connectivity index (χ1n) is 12.2. The van der Waals surface area contributed by atoms with Crippen LogP contribution in [0.2, 0.25) is 0 Å². The van der Waals surface area contributed by atoms with E-state index in [2.05, 4.69) is 26.1 Å². The lowest BCUT2D eigenvalue weighted by atomic mass is 9.94. The Morgan fingerprint density at radius 1 is 1.06 bits per heavy atom. The van der Waals surface area contributed by atoms with Crippen molar-refractivity contribution in [2.24, 2.45) is 5.92 Å². The number of nitrogens with one attached hydrogen (secondary N) is 1. The second-order valence-corrected chi connectivity index (χ2v) is 10.1. The van der Waals surface area contributed by atoms with Gasteiger partial charge in [0.25, 0.3) is 5.91 Å². The molecule has 6 nitrogen and oxygen atoms in total. The molecule has 0 spiro atoms. The summed E-state index contributed by atoms with van der Waals surface area (Å²) in [7, 11) is 1.66. The smallest absolute Gasteiger partial charge is 0.253 e. The molecular formula is C27H34BrN3O3. The van der Waals surface area contributed by atoms with Crippen molar-refractivity contribution in [3.8, 4) is 5.75 Å². The summed E-state index contributed by atoms with van der Waals surface area (Å²) in [6.45, 7) is 3.37. The van der Waals surface area contributed by atoms with Crippen molar-refractivity contribution in [1.82, 2.24) is 15.1 Å². The van der Waals surface area contributed by atoms with E-state index in [1.54, 1.807) is 7.11 Å². The lowest BCUT2D eigenvalue weighted by Gasteiger charge is -2.40. The Hall–Kier alpha value is -2.38. The van der Waals surface area contributed by atoms with Gasteiger partial charge in [0.2, 0.25) is 5.91 Å². The normalized spacial score (nSPS) is 18.0. The van der Waals surface area contributed by atoms with Crippen molar-refractivity contribution in [3.05, 3.63) is 64.1 Å². The fourth-order valence-corrected chi connectivity index (χ4v) is 5.58. The maximum Gasteiger partial charge on any atom is 0.253 e. The van der Waals surface area contributed by atoms with Crippen LogP contribution in [-0.2, 0) is 11.2 Å². The van der Waals surface area contributed by atoms with Crippen LogP contribution in [0.4, 0.5) is 0 Å². The number of amides is 2. The number of methoxy groups -OCH3 is 1. The standard InChI is InChI=1S/C27H34BrN3O3/c1-34-24-11-9-20(10-12-24)13-14-29-26(32)25(21-5-2-3-6-21)30-15-17-31(18-16-30)27(33)22-7-4-8-23(28)19-22/h4,7-12,19,21,25H,2-3,5-6,13-18H2,1H3,(H,29,32). The predicted octanol–water partition coefficient (Wildman–Crippen LogP) is 4.13. The molecule has 1 saturated heterocycles. The predicted molar refractivity (Wildman–Crippen MR) is 137 cm³/mol. The number of rotatable bonds is 8. The molecule has 0 aromatic heterocycles. The van der Waals surface area contributed by atoms with Crippen LogP contribution in [0, 0.1) is 5.92 Å². The number of nitrogens with zero attached hydrogens (tertiary/aromatic N) is 2. The average molecular weight is 528 g/mol. The zero-order chi connectivity index (χ0) is 23.9. The molecule has 0 bridgehead atoms. The van der Waals surface area contributed by atoms with Crippen molar-refractivity contribution in [3.63, 3.8) is 0 Å². The van der Waals surface area contributed by atoms with E-state index in [1.165, 1.54) is 18.4 Å². The summed E-state index contributed by atoms with van der Waals surface area (Å²) >= 11 is 3.45. The van der Waals surface area contributed by atoms with E-state index < -0.39 is 0 Å². The van der Waals surface area contributed by atoms with E-state index >= 15 is 0 Å². The molecule has 1 saturated carbocycles. The number of carbonyl (C=O) groups is 2. The molecule has 2 aromatic rings. The third-order valence-corrected chi connectivity index (χ3v) is 7.55. The highest BCUT2D eigenvalue weighted by Crippen LogP contribution is 2.31. The molecule has 1 aliphatic heterocycles. The molecule has 34 heavy (non-hydrogen) atoms. The van der Waals surface area contributed by atoms with Gasteiger partial charge in [0, 0.05) is 42.8 Å². The Balaban J connectivity index is 1.33. The van der Waals surface area contributed by atoms with Gasteiger partial charge in [-0.05, 0) is 61.1 Å². The van der Waals surface area contributed by atoms with Gasteiger partial charge in [0.05, 0.1) is 13.2 Å². The second-order valence-electron chi connectivity index (χ2n) is 9.22. The molecule has 1 unspecified atom stereocenters. The molecule has 2 aliphatic rings. The van der Waals surface area contributed by atoms with Crippen LogP contribution in [0.15, 0.2) is 53.0 Å². The number of halogens is 1. The minimum absolute atomic E-state index is 0.0577. The lowest BCUT2D eigenvalue weighted by molar-refractivity contribution is -0.129. The zero-order valence-electron chi connectivity index (χ0n) is 19.8. The summed E-state index contributed by atoms with van der Waals surface area (Å²) in [6.07, 6.45) is 5.40. The highest BCUT2D eigenvalue weighted by Gasteiger charge is 2.37. The van der Waals surface area contributed by atoms with Gasteiger partial charge < -0.3 is 15.0 Å². The summed E-state index contributed by atoms with van der Waals surface area (Å²) in [5.41, 5.74) is 1.88. The monoisotopic (exact) mass is 527 g/mol. The number of piperazine rings is 1. The lowest BCUT2D eigenvalue weighted by Crippen LogP contribution is -2.58. The summed E-state index contributed by atoms with van der Waals surface area (Å²) in [5, 5.41) is 3.20. The molecule has 182 valence electrons. The molecule has 1 N–H and O–H groups in total. The number of ether oxygens (including phenoxy) is 1. The SMILES string of the molecule is COc1ccc(CCNC(=O)C(C2CCCC2)N2CCN(C(=O)c3cccc(Br)c3)CC2)cc1. The molecule has 2 amide bonds. The van der Waals surface area contributed by atoms with Crippen molar-refractivity contribution < 1.29 is 14.3 Å². The molecule has 2 fully saturated rings. The highest BCUT2D eigenvalue weighted by molar-refractivity contribution is 9.10. The highest BCUT2D eigenvalue weighted by atomic mass is 79.9. The third kappa shape index (κ3) is 6.19. The molecular weight excluding hydrogens is 494 g/mol. The molecule has 4 rings (SSSR count). The Morgan fingerprint density at radius 3 is 2.41 bits per heavy atom. The van der Waals surface area contributed by atoms with Crippen LogP contribution in [0.25, 0.3) is 0 Å². The fraction of sp³-hybridized carbons (Fsp3) is 0.481. The minimum atomic E-state index is -0.110. The fourth-order valence-electron chi connectivity index (χ4n) is 5.19. The Kier molecular flexibility index (Phi) is 8.62. The van der Waals surface area contributed by atoms with Gasteiger partial charge in [-0.15, -0.1) is 0 Å². The molecule has 1 heterocycles. The van der Waals surface area contributed by atoms with Crippen LogP contribution >= 0.6 is 15.9 Å². The molecule has 1 atom stereocenters. The maximum atomic E-state index is 13.3. The number of hydrogen-bond donors (Lipinski definition) is 1. The minimum Gasteiger partial charge on any atom is -0.497 e. The van der Waals surface area contributed by atoms with Gasteiger partial charge in [-0.1, -0.05) is 47.0 Å². The van der Waals surface area contributed by atoms with Crippen molar-refractivity contribution >= 4 is 27.7 Å². The van der Waals surface area contributed by atoms with Crippen molar-refractivity contribution in [1.29, 1.82) is 0 Å². The van der Waals surface area contributed by atoms with Crippen molar-refractivity contribution in [2.45, 2.75) is 38.1 Å². The first-order chi connectivity index (χ1) is 16.5. The Labute approximate surface area is 210 Å². The number of carbonyl (C=O) groups excluding carboxylic acids is 2. The molecule has 1 aliphatic carbocycles. The Morgan fingerprint density at radius 2 is 1.76 bits per heavy atom. The van der Waals surface area contributed by atoms with Gasteiger partial charge in [-0.25, -0.2) is 0 Å². The van der Waals surface area contributed by atoms with Gasteiger partial charge >= 0.3 is 0 Å². The second kappa shape index (κ2) is 11.8. The first kappa shape index (κ1) is 24.7. The van der Waals surface area contributed by atoms with Gasteiger partial charge in [0.1, 0.15) is 5.75 Å². The quantitative estimate of drug-likeness (QED) is 0.560. The number of hydrogen-bond acceptors (Lipinski definition) is 4. The molecule has 7 heteroatoms. The molecule has 2 aromatic carbocycles. The van der Waals surface area contributed by atoms with Crippen LogP contribution in [-0.4, -0.2) is 67.5 Å². The summed E-state index contributed by atoms with van der Waals surface area (Å²) in [5.74, 6) is 1.43. The van der Waals surface area contributed by atoms with Crippen LogP contribution in [0.3, 0.4) is 0 Å². The molecule has 0 radical (unpaired) electrons. The van der Waals surface area contributed by atoms with E-state index in [9.17, 15) is 9.59 Å². The zero-order valence-corrected chi connectivity index (χ0v) is 21.4. The van der Waals surface area contributed by atoms with Crippen LogP contribution in [0.5, 0.6) is 5.75 Å². The van der Waals surface area contributed by atoms with Gasteiger partial charge in [-0.3, -0.25) is 14.5 Å². The maximum absolute atomic E-state index is 13.3.